The Kier molecular flexibility index (Phi) is 6.04. The third-order valence-electron chi connectivity index (χ3n) is 6.87. The van der Waals surface area contributed by atoms with Gasteiger partial charge >= 0.3 is 0 Å². The third kappa shape index (κ3) is 4.26. The van der Waals surface area contributed by atoms with Crippen LogP contribution in [0.3, 0.4) is 0 Å². The summed E-state index contributed by atoms with van der Waals surface area (Å²) in [5.74, 6) is 0.741. The minimum Gasteiger partial charge on any atom is -0.338 e. The van der Waals surface area contributed by atoms with E-state index in [4.69, 9.17) is 28.2 Å². The summed E-state index contributed by atoms with van der Waals surface area (Å²) >= 11 is 12.4. The number of hydrogen-bond acceptors (Lipinski definition) is 5. The quantitative estimate of drug-likeness (QED) is 0.700. The van der Waals surface area contributed by atoms with Gasteiger partial charge in [-0.2, -0.15) is 0 Å². The van der Waals surface area contributed by atoms with Crippen molar-refractivity contribution in [1.82, 2.24) is 19.8 Å². The van der Waals surface area contributed by atoms with Crippen molar-refractivity contribution in [3.8, 4) is 0 Å². The molecule has 1 aliphatic carbocycles. The van der Waals surface area contributed by atoms with Gasteiger partial charge in [-0.15, -0.1) is 0 Å². The Morgan fingerprint density at radius 1 is 1.00 bits per heavy atom. The van der Waals surface area contributed by atoms with Gasteiger partial charge in [-0.1, -0.05) is 35.7 Å². The van der Waals surface area contributed by atoms with Gasteiger partial charge in [0.2, 0.25) is 5.95 Å². The van der Waals surface area contributed by atoms with Crippen molar-refractivity contribution in [2.75, 3.05) is 44.2 Å². The van der Waals surface area contributed by atoms with Gasteiger partial charge in [0.05, 0.1) is 21.3 Å². The Morgan fingerprint density at radius 2 is 1.77 bits per heavy atom. The number of rotatable bonds is 3. The van der Waals surface area contributed by atoms with Crippen molar-refractivity contribution in [1.29, 1.82) is 0 Å². The van der Waals surface area contributed by atoms with E-state index in [1.54, 1.807) is 18.2 Å². The molecule has 1 aromatic heterocycles. The standard InChI is InChI=1S/C23H27Cl2N5O/c24-19-6-2-5-18(21(19)25)22(31)29-9-7-16-15-26-23(27-20(16)8-10-29)30-13-11-28(12-14-30)17-3-1-4-17/h2,5-6,15,17H,1,3-4,7-14H2. The number of nitrogens with zero attached hydrogens (tertiary/aromatic N) is 5. The lowest BCUT2D eigenvalue weighted by Crippen LogP contribution is -2.52. The molecule has 0 N–H and O–H groups in total. The molecule has 1 amide bonds. The van der Waals surface area contributed by atoms with Crippen LogP contribution in [-0.4, -0.2) is 71.0 Å². The molecule has 0 spiro atoms. The molecule has 1 saturated carbocycles. The largest absolute Gasteiger partial charge is 0.338 e. The summed E-state index contributed by atoms with van der Waals surface area (Å²) in [6.45, 7) is 5.37. The molecule has 5 rings (SSSR count). The maximum absolute atomic E-state index is 13.0. The Balaban J connectivity index is 1.25. The normalized spacial score (nSPS) is 20.2. The Hall–Kier alpha value is -1.89. The zero-order chi connectivity index (χ0) is 21.4. The van der Waals surface area contributed by atoms with E-state index >= 15 is 0 Å². The third-order valence-corrected chi connectivity index (χ3v) is 7.69. The molecule has 1 saturated heterocycles. The molecule has 0 radical (unpaired) electrons. The minimum atomic E-state index is -0.0828. The Bertz CT molecular complexity index is 972. The number of piperazine rings is 1. The van der Waals surface area contributed by atoms with Crippen molar-refractivity contribution >= 4 is 35.1 Å². The smallest absolute Gasteiger partial charge is 0.255 e. The van der Waals surface area contributed by atoms with Crippen molar-refractivity contribution in [2.45, 2.75) is 38.1 Å². The molecule has 3 aliphatic rings. The van der Waals surface area contributed by atoms with Crippen molar-refractivity contribution < 1.29 is 4.79 Å². The number of benzene rings is 1. The number of halogens is 2. The highest BCUT2D eigenvalue weighted by Crippen LogP contribution is 2.28. The van der Waals surface area contributed by atoms with Crippen molar-refractivity contribution in [3.63, 3.8) is 0 Å². The van der Waals surface area contributed by atoms with Crippen LogP contribution in [0.5, 0.6) is 0 Å². The van der Waals surface area contributed by atoms with Crippen LogP contribution in [0.1, 0.15) is 40.9 Å². The van der Waals surface area contributed by atoms with E-state index in [1.165, 1.54) is 19.3 Å². The lowest BCUT2D eigenvalue weighted by molar-refractivity contribution is 0.0763. The maximum Gasteiger partial charge on any atom is 0.255 e. The molecule has 0 bridgehead atoms. The highest BCUT2D eigenvalue weighted by molar-refractivity contribution is 6.43. The summed E-state index contributed by atoms with van der Waals surface area (Å²) in [7, 11) is 0. The van der Waals surface area contributed by atoms with Gasteiger partial charge < -0.3 is 9.80 Å². The molecule has 2 aromatic rings. The first-order valence-electron chi connectivity index (χ1n) is 11.2. The molecule has 0 atom stereocenters. The van der Waals surface area contributed by atoms with Gasteiger partial charge in [0, 0.05) is 57.9 Å². The molecule has 3 heterocycles. The highest BCUT2D eigenvalue weighted by Gasteiger charge is 2.29. The topological polar surface area (TPSA) is 52.6 Å². The van der Waals surface area contributed by atoms with Crippen molar-refractivity contribution in [3.05, 3.63) is 51.3 Å². The SMILES string of the molecule is O=C(c1cccc(Cl)c1Cl)N1CCc2cnc(N3CCN(C4CCC4)CC3)nc2CC1. The van der Waals surface area contributed by atoms with Crippen LogP contribution < -0.4 is 4.90 Å². The number of carbonyl (C=O) groups is 1. The highest BCUT2D eigenvalue weighted by atomic mass is 35.5. The fraction of sp³-hybridized carbons (Fsp3) is 0.522. The Morgan fingerprint density at radius 3 is 2.52 bits per heavy atom. The minimum absolute atomic E-state index is 0.0828. The van der Waals surface area contributed by atoms with Crippen molar-refractivity contribution in [2.24, 2.45) is 0 Å². The predicted molar refractivity (Wildman–Crippen MR) is 123 cm³/mol. The van der Waals surface area contributed by atoms with E-state index in [-0.39, 0.29) is 5.91 Å². The summed E-state index contributed by atoms with van der Waals surface area (Å²) in [5, 5.41) is 0.720. The number of hydrogen-bond donors (Lipinski definition) is 0. The first-order valence-corrected chi connectivity index (χ1v) is 11.9. The Labute approximate surface area is 193 Å². The second kappa shape index (κ2) is 8.93. The molecule has 6 nitrogen and oxygen atoms in total. The summed E-state index contributed by atoms with van der Waals surface area (Å²) in [4.78, 5) is 29.4. The molecule has 2 fully saturated rings. The van der Waals surface area contributed by atoms with Gasteiger partial charge in [0.25, 0.3) is 5.91 Å². The van der Waals surface area contributed by atoms with Crippen LogP contribution in [0.2, 0.25) is 10.0 Å². The first kappa shape index (κ1) is 21.0. The summed E-state index contributed by atoms with van der Waals surface area (Å²) in [6, 6.07) is 5.99. The fourth-order valence-corrected chi connectivity index (χ4v) is 5.08. The van der Waals surface area contributed by atoms with Crippen LogP contribution in [0.15, 0.2) is 24.4 Å². The van der Waals surface area contributed by atoms with Gasteiger partial charge in [-0.3, -0.25) is 9.69 Å². The molecule has 2 aliphatic heterocycles. The van der Waals surface area contributed by atoms with Crippen LogP contribution in [0.4, 0.5) is 5.95 Å². The van der Waals surface area contributed by atoms with E-state index in [0.29, 0.717) is 28.7 Å². The predicted octanol–water partition coefficient (Wildman–Crippen LogP) is 3.70. The van der Waals surface area contributed by atoms with Crippen LogP contribution in [0.25, 0.3) is 0 Å². The zero-order valence-corrected chi connectivity index (χ0v) is 19.1. The van der Waals surface area contributed by atoms with E-state index in [9.17, 15) is 4.79 Å². The monoisotopic (exact) mass is 459 g/mol. The summed E-state index contributed by atoms with van der Waals surface area (Å²) in [5.41, 5.74) is 2.64. The zero-order valence-electron chi connectivity index (χ0n) is 17.6. The molecular formula is C23H27Cl2N5O. The number of amides is 1. The van der Waals surface area contributed by atoms with Gasteiger partial charge in [-0.25, -0.2) is 9.97 Å². The second-order valence-electron chi connectivity index (χ2n) is 8.64. The number of anilines is 1. The number of aromatic nitrogens is 2. The number of fused-ring (bicyclic) bond motifs is 1. The van der Waals surface area contributed by atoms with E-state index < -0.39 is 0 Å². The number of carbonyl (C=O) groups excluding carboxylic acids is 1. The van der Waals surface area contributed by atoms with E-state index in [0.717, 1.165) is 62.3 Å². The van der Waals surface area contributed by atoms with Crippen LogP contribution in [-0.2, 0) is 12.8 Å². The molecular weight excluding hydrogens is 433 g/mol. The molecule has 0 unspecified atom stereocenters. The van der Waals surface area contributed by atoms with Gasteiger partial charge in [0.15, 0.2) is 0 Å². The average molecular weight is 460 g/mol. The maximum atomic E-state index is 13.0. The van der Waals surface area contributed by atoms with Crippen LogP contribution in [0, 0.1) is 0 Å². The van der Waals surface area contributed by atoms with E-state index in [2.05, 4.69) is 14.8 Å². The van der Waals surface area contributed by atoms with Crippen LogP contribution >= 0.6 is 23.2 Å². The summed E-state index contributed by atoms with van der Waals surface area (Å²) in [6.07, 6.45) is 7.50. The second-order valence-corrected chi connectivity index (χ2v) is 9.43. The average Bonchev–Trinajstić information content (AvgIpc) is 2.97. The lowest BCUT2D eigenvalue weighted by atomic mass is 9.91. The molecule has 31 heavy (non-hydrogen) atoms. The van der Waals surface area contributed by atoms with E-state index in [1.807, 2.05) is 11.1 Å². The summed E-state index contributed by atoms with van der Waals surface area (Å²) < 4.78 is 0. The molecule has 1 aromatic carbocycles. The van der Waals surface area contributed by atoms with Gasteiger partial charge in [-0.05, 0) is 37.0 Å². The first-order chi connectivity index (χ1) is 15.1. The van der Waals surface area contributed by atoms with Gasteiger partial charge in [0.1, 0.15) is 0 Å². The fourth-order valence-electron chi connectivity index (χ4n) is 4.70. The lowest BCUT2D eigenvalue weighted by Gasteiger charge is -2.43. The molecule has 8 heteroatoms. The molecule has 164 valence electrons.